The Bertz CT molecular complexity index is 830. The molecular formula is C16H17F2NO4S. The topological polar surface area (TPSA) is 63.7 Å². The van der Waals surface area contributed by atoms with E-state index in [0.29, 0.717) is 36.4 Å². The van der Waals surface area contributed by atoms with Crippen LogP contribution in [-0.4, -0.2) is 37.1 Å². The third-order valence-electron chi connectivity index (χ3n) is 4.01. The number of carbonyl (C=O) groups excluding carboxylic acids is 1. The summed E-state index contributed by atoms with van der Waals surface area (Å²) in [6, 6.07) is 3.62. The molecule has 2 heterocycles. The lowest BCUT2D eigenvalue weighted by molar-refractivity contribution is -0.124. The van der Waals surface area contributed by atoms with Gasteiger partial charge in [0.2, 0.25) is 15.7 Å². The normalized spacial score (nSPS) is 20.0. The largest absolute Gasteiger partial charge is 0.483 e. The highest BCUT2D eigenvalue weighted by Crippen LogP contribution is 2.40. The van der Waals surface area contributed by atoms with Crippen LogP contribution < -0.4 is 4.74 Å². The van der Waals surface area contributed by atoms with Crippen LogP contribution in [0.5, 0.6) is 5.75 Å². The van der Waals surface area contributed by atoms with Crippen LogP contribution in [0.2, 0.25) is 0 Å². The van der Waals surface area contributed by atoms with Crippen LogP contribution in [-0.2, 0) is 14.6 Å². The van der Waals surface area contributed by atoms with Crippen molar-refractivity contribution < 1.29 is 26.7 Å². The fraction of sp³-hybridized carbons (Fsp3) is 0.438. The number of ether oxygens (including phenoxy) is 1. The van der Waals surface area contributed by atoms with Crippen molar-refractivity contribution >= 4 is 21.4 Å². The zero-order valence-electron chi connectivity index (χ0n) is 13.3. The van der Waals surface area contributed by atoms with E-state index in [1.807, 2.05) is 0 Å². The number of rotatable bonds is 3. The Labute approximate surface area is 138 Å². The molecule has 2 aliphatic heterocycles. The first kappa shape index (κ1) is 16.9. The predicted molar refractivity (Wildman–Crippen MR) is 83.3 cm³/mol. The van der Waals surface area contributed by atoms with Gasteiger partial charge in [-0.2, -0.15) is 8.78 Å². The molecule has 130 valence electrons. The van der Waals surface area contributed by atoms with Gasteiger partial charge in [-0.25, -0.2) is 8.42 Å². The number of benzene rings is 1. The van der Waals surface area contributed by atoms with E-state index >= 15 is 0 Å². The summed E-state index contributed by atoms with van der Waals surface area (Å²) in [6.07, 6.45) is 2.82. The number of likely N-dealkylation sites (tertiary alicyclic amines) is 1. The average Bonchev–Trinajstić information content (AvgIpc) is 2.90. The minimum Gasteiger partial charge on any atom is -0.483 e. The summed E-state index contributed by atoms with van der Waals surface area (Å²) in [4.78, 5) is 13.2. The summed E-state index contributed by atoms with van der Waals surface area (Å²) in [5.41, 5.74) is 0.148. The first-order chi connectivity index (χ1) is 11.1. The lowest BCUT2D eigenvalue weighted by Gasteiger charge is -2.34. The van der Waals surface area contributed by atoms with Gasteiger partial charge in [-0.3, -0.25) is 4.79 Å². The van der Waals surface area contributed by atoms with Gasteiger partial charge in [0.05, 0.1) is 10.6 Å². The summed E-state index contributed by atoms with van der Waals surface area (Å²) in [5.74, 6) is -3.21. The van der Waals surface area contributed by atoms with Gasteiger partial charge in [0.1, 0.15) is 11.4 Å². The van der Waals surface area contributed by atoms with Crippen molar-refractivity contribution in [1.29, 1.82) is 0 Å². The standard InChI is InChI=1S/C16H17F2NO4S/c1-16(2)9-12(19-7-3-4-14(19)20)11-8-10(5-6-13(11)23-16)24(21,22)15(17)18/h5-6,8-9,15H,3-4,7H2,1-2H3. The van der Waals surface area contributed by atoms with E-state index in [-0.39, 0.29) is 5.91 Å². The Morgan fingerprint density at radius 1 is 1.29 bits per heavy atom. The quantitative estimate of drug-likeness (QED) is 0.834. The maximum absolute atomic E-state index is 12.8. The molecule has 0 radical (unpaired) electrons. The molecule has 0 N–H and O–H groups in total. The summed E-state index contributed by atoms with van der Waals surface area (Å²) < 4.78 is 54.9. The lowest BCUT2D eigenvalue weighted by atomic mass is 9.98. The zero-order chi connectivity index (χ0) is 17.7. The molecule has 1 aromatic carbocycles. The van der Waals surface area contributed by atoms with Crippen LogP contribution in [0.25, 0.3) is 5.70 Å². The van der Waals surface area contributed by atoms with Crippen molar-refractivity contribution in [2.45, 2.75) is 42.9 Å². The number of amides is 1. The fourth-order valence-electron chi connectivity index (χ4n) is 2.92. The average molecular weight is 357 g/mol. The van der Waals surface area contributed by atoms with E-state index in [1.165, 1.54) is 6.07 Å². The Hall–Kier alpha value is -1.96. The van der Waals surface area contributed by atoms with Crippen LogP contribution in [0.4, 0.5) is 8.78 Å². The summed E-state index contributed by atoms with van der Waals surface area (Å²) in [7, 11) is -4.72. The van der Waals surface area contributed by atoms with Crippen molar-refractivity contribution in [2.75, 3.05) is 6.54 Å². The monoisotopic (exact) mass is 357 g/mol. The Kier molecular flexibility index (Phi) is 3.90. The molecule has 5 nitrogen and oxygen atoms in total. The highest BCUT2D eigenvalue weighted by atomic mass is 32.2. The van der Waals surface area contributed by atoms with E-state index < -0.39 is 26.1 Å². The molecule has 0 unspecified atom stereocenters. The third-order valence-corrected chi connectivity index (χ3v) is 5.39. The number of alkyl halides is 2. The molecule has 1 aromatic rings. The van der Waals surface area contributed by atoms with Crippen molar-refractivity contribution in [3.63, 3.8) is 0 Å². The van der Waals surface area contributed by atoms with Gasteiger partial charge in [-0.1, -0.05) is 0 Å². The minimum absolute atomic E-state index is 0.0768. The van der Waals surface area contributed by atoms with Gasteiger partial charge < -0.3 is 9.64 Å². The number of hydrogen-bond donors (Lipinski definition) is 0. The number of carbonyl (C=O) groups is 1. The van der Waals surface area contributed by atoms with Gasteiger partial charge in [-0.05, 0) is 44.5 Å². The van der Waals surface area contributed by atoms with Crippen LogP contribution in [0.3, 0.4) is 0 Å². The molecule has 0 aliphatic carbocycles. The summed E-state index contributed by atoms with van der Waals surface area (Å²) in [6.45, 7) is 4.12. The molecule has 24 heavy (non-hydrogen) atoms. The second-order valence-corrected chi connectivity index (χ2v) is 8.27. The van der Waals surface area contributed by atoms with Gasteiger partial charge in [0, 0.05) is 18.5 Å². The van der Waals surface area contributed by atoms with E-state index in [1.54, 1.807) is 24.8 Å². The Balaban J connectivity index is 2.15. The van der Waals surface area contributed by atoms with Crippen LogP contribution in [0.1, 0.15) is 32.3 Å². The molecule has 0 atom stereocenters. The van der Waals surface area contributed by atoms with E-state index in [9.17, 15) is 22.0 Å². The molecule has 1 saturated heterocycles. The molecule has 0 spiro atoms. The fourth-order valence-corrected chi connectivity index (χ4v) is 3.67. The highest BCUT2D eigenvalue weighted by molar-refractivity contribution is 7.91. The van der Waals surface area contributed by atoms with Gasteiger partial charge >= 0.3 is 5.76 Å². The number of fused-ring (bicyclic) bond motifs is 1. The van der Waals surface area contributed by atoms with Crippen LogP contribution in [0, 0.1) is 0 Å². The molecule has 1 amide bonds. The van der Waals surface area contributed by atoms with Crippen LogP contribution >= 0.6 is 0 Å². The van der Waals surface area contributed by atoms with Crippen molar-refractivity contribution in [3.05, 3.63) is 29.8 Å². The second-order valence-electron chi connectivity index (χ2n) is 6.35. The SMILES string of the molecule is CC1(C)C=C(N2CCCC2=O)c2cc(S(=O)(=O)C(F)F)ccc2O1. The maximum atomic E-state index is 12.8. The molecule has 3 rings (SSSR count). The summed E-state index contributed by atoms with van der Waals surface area (Å²) >= 11 is 0. The van der Waals surface area contributed by atoms with Gasteiger partial charge in [0.15, 0.2) is 0 Å². The number of nitrogens with zero attached hydrogens (tertiary/aromatic N) is 1. The molecule has 1 fully saturated rings. The van der Waals surface area contributed by atoms with Gasteiger partial charge in [-0.15, -0.1) is 0 Å². The third kappa shape index (κ3) is 2.79. The molecular weight excluding hydrogens is 340 g/mol. The lowest BCUT2D eigenvalue weighted by Crippen LogP contribution is -2.34. The number of hydrogen-bond acceptors (Lipinski definition) is 4. The minimum atomic E-state index is -4.72. The van der Waals surface area contributed by atoms with Crippen molar-refractivity contribution in [2.24, 2.45) is 0 Å². The first-order valence-corrected chi connectivity index (χ1v) is 9.05. The van der Waals surface area contributed by atoms with Gasteiger partial charge in [0.25, 0.3) is 0 Å². The first-order valence-electron chi connectivity index (χ1n) is 7.50. The number of halogens is 2. The second kappa shape index (κ2) is 5.54. The summed E-state index contributed by atoms with van der Waals surface area (Å²) in [5, 5.41) is 0. The van der Waals surface area contributed by atoms with Crippen molar-refractivity contribution in [1.82, 2.24) is 4.90 Å². The smallest absolute Gasteiger partial charge is 0.341 e. The predicted octanol–water partition coefficient (Wildman–Crippen LogP) is 2.82. The Morgan fingerprint density at radius 2 is 2.00 bits per heavy atom. The molecule has 0 saturated carbocycles. The Morgan fingerprint density at radius 3 is 2.58 bits per heavy atom. The van der Waals surface area contributed by atoms with Crippen molar-refractivity contribution in [3.8, 4) is 5.75 Å². The van der Waals surface area contributed by atoms with E-state index in [4.69, 9.17) is 4.74 Å². The van der Waals surface area contributed by atoms with Crippen LogP contribution in [0.15, 0.2) is 29.2 Å². The number of sulfone groups is 1. The maximum Gasteiger partial charge on any atom is 0.341 e. The highest BCUT2D eigenvalue weighted by Gasteiger charge is 2.35. The van der Waals surface area contributed by atoms with E-state index in [2.05, 4.69) is 0 Å². The molecule has 8 heteroatoms. The van der Waals surface area contributed by atoms with E-state index in [0.717, 1.165) is 12.1 Å². The molecule has 0 aromatic heterocycles. The zero-order valence-corrected chi connectivity index (χ0v) is 14.1. The molecule has 2 aliphatic rings. The molecule has 0 bridgehead atoms.